The van der Waals surface area contributed by atoms with Crippen LogP contribution in [0.4, 0.5) is 5.69 Å². The maximum Gasteiger partial charge on any atom is 0.216 e. The molecule has 1 rings (SSSR count). The lowest BCUT2D eigenvalue weighted by Crippen LogP contribution is -1.56. The van der Waals surface area contributed by atoms with E-state index in [-0.39, 0.29) is 11.6 Å². The van der Waals surface area contributed by atoms with Crippen LogP contribution in [0.15, 0.2) is 17.4 Å². The van der Waals surface area contributed by atoms with Gasteiger partial charge in [0.2, 0.25) is 5.88 Å². The quantitative estimate of drug-likeness (QED) is 0.470. The van der Waals surface area contributed by atoms with E-state index in [4.69, 9.17) is 10.6 Å². The third-order valence-corrected chi connectivity index (χ3v) is 0.824. The molecule has 42 valence electrons. The number of rotatable bonds is 1. The van der Waals surface area contributed by atoms with E-state index in [9.17, 15) is 0 Å². The summed E-state index contributed by atoms with van der Waals surface area (Å²) in [5.74, 6) is -0.0556. The summed E-state index contributed by atoms with van der Waals surface area (Å²) in [6.45, 7) is 0. The second-order valence-corrected chi connectivity index (χ2v) is 1.32. The van der Waals surface area contributed by atoms with Gasteiger partial charge in [-0.2, -0.15) is 5.11 Å². The predicted octanol–water partition coefficient (Wildman–Crippen LogP) is 1.38. The lowest BCUT2D eigenvalue weighted by atomic mass is 10.5. The van der Waals surface area contributed by atoms with Crippen molar-refractivity contribution in [2.24, 2.45) is 5.11 Å². The minimum Gasteiger partial charge on any atom is -0.493 e. The highest BCUT2D eigenvalue weighted by molar-refractivity contribution is 5.45. The van der Waals surface area contributed by atoms with Crippen LogP contribution in [-0.4, -0.2) is 10.1 Å². The van der Waals surface area contributed by atoms with E-state index in [1.165, 1.54) is 12.3 Å². The van der Waals surface area contributed by atoms with Crippen LogP contribution in [0, 0.1) is 5.53 Å². The molecule has 0 aliphatic rings. The third kappa shape index (κ3) is 0.556. The summed E-state index contributed by atoms with van der Waals surface area (Å²) in [5, 5.41) is 11.7. The Bertz CT molecular complexity index is 193. The van der Waals surface area contributed by atoms with Crippen LogP contribution in [-0.2, 0) is 0 Å². The van der Waals surface area contributed by atoms with Gasteiger partial charge in [-0.05, 0) is 6.07 Å². The zero-order valence-electron chi connectivity index (χ0n) is 4.05. The minimum atomic E-state index is -0.0556. The summed E-state index contributed by atoms with van der Waals surface area (Å²) >= 11 is 0. The van der Waals surface area contributed by atoms with Crippen LogP contribution in [0.1, 0.15) is 0 Å². The highest BCUT2D eigenvalue weighted by Crippen LogP contribution is 2.22. The Kier molecular flexibility index (Phi) is 0.997. The fourth-order valence-electron chi connectivity index (χ4n) is 0.443. The Morgan fingerprint density at radius 1 is 1.75 bits per heavy atom. The van der Waals surface area contributed by atoms with E-state index in [1.54, 1.807) is 0 Å². The number of aromatic hydroxyl groups is 1. The molecule has 0 atom stereocenters. The molecule has 0 aromatic carbocycles. The number of aromatic amines is 1. The Hall–Kier alpha value is -1.32. The first-order chi connectivity index (χ1) is 3.84. The molecule has 0 unspecified atom stereocenters. The smallest absolute Gasteiger partial charge is 0.216 e. The van der Waals surface area contributed by atoms with E-state index in [2.05, 4.69) is 10.1 Å². The van der Waals surface area contributed by atoms with Gasteiger partial charge in [0.1, 0.15) is 5.69 Å². The van der Waals surface area contributed by atoms with Gasteiger partial charge < -0.3 is 10.1 Å². The first-order valence-electron chi connectivity index (χ1n) is 2.08. The van der Waals surface area contributed by atoms with Gasteiger partial charge >= 0.3 is 0 Å². The fraction of sp³-hybridized carbons (Fsp3) is 0. The number of nitrogens with zero attached hydrogens (tertiary/aromatic N) is 1. The van der Waals surface area contributed by atoms with Gasteiger partial charge in [-0.15, -0.1) is 0 Å². The lowest BCUT2D eigenvalue weighted by molar-refractivity contribution is 0.458. The van der Waals surface area contributed by atoms with E-state index in [0.29, 0.717) is 0 Å². The standard InChI is InChI=1S/C4H5N3O/c5-7-3-1-2-6-4(3)8/h1-2,5-6,8H. The summed E-state index contributed by atoms with van der Waals surface area (Å²) in [4.78, 5) is 2.46. The molecule has 4 heteroatoms. The first-order valence-corrected chi connectivity index (χ1v) is 2.08. The van der Waals surface area contributed by atoms with Crippen LogP contribution >= 0.6 is 0 Å². The molecule has 1 heterocycles. The van der Waals surface area contributed by atoms with Crippen molar-refractivity contribution in [2.45, 2.75) is 0 Å². The van der Waals surface area contributed by atoms with Gasteiger partial charge in [-0.25, -0.2) is 5.53 Å². The minimum absolute atomic E-state index is 0.0556. The molecule has 0 aliphatic heterocycles. The second-order valence-electron chi connectivity index (χ2n) is 1.32. The topological polar surface area (TPSA) is 72.2 Å². The molecule has 3 N–H and O–H groups in total. The van der Waals surface area contributed by atoms with Crippen molar-refractivity contribution in [3.8, 4) is 5.88 Å². The summed E-state index contributed by atoms with van der Waals surface area (Å²) < 4.78 is 0. The Balaban J connectivity index is 3.09. The van der Waals surface area contributed by atoms with E-state index >= 15 is 0 Å². The van der Waals surface area contributed by atoms with Crippen LogP contribution in [0.2, 0.25) is 0 Å². The van der Waals surface area contributed by atoms with Crippen LogP contribution in [0.3, 0.4) is 0 Å². The zero-order valence-corrected chi connectivity index (χ0v) is 4.05. The van der Waals surface area contributed by atoms with Crippen molar-refractivity contribution in [2.75, 3.05) is 0 Å². The van der Waals surface area contributed by atoms with Crippen molar-refractivity contribution in [1.82, 2.24) is 4.98 Å². The Morgan fingerprint density at radius 3 is 2.75 bits per heavy atom. The molecule has 4 nitrogen and oxygen atoms in total. The molecule has 1 aromatic rings. The van der Waals surface area contributed by atoms with Gasteiger partial charge in [-0.3, -0.25) is 0 Å². The van der Waals surface area contributed by atoms with Crippen molar-refractivity contribution < 1.29 is 5.11 Å². The molecule has 0 radical (unpaired) electrons. The highest BCUT2D eigenvalue weighted by Gasteiger charge is 1.95. The molecule has 0 saturated heterocycles. The maximum atomic E-state index is 8.68. The Morgan fingerprint density at radius 2 is 2.50 bits per heavy atom. The average molecular weight is 111 g/mol. The zero-order chi connectivity index (χ0) is 5.98. The van der Waals surface area contributed by atoms with E-state index in [1.807, 2.05) is 0 Å². The monoisotopic (exact) mass is 111 g/mol. The van der Waals surface area contributed by atoms with Gasteiger partial charge in [0.15, 0.2) is 0 Å². The highest BCUT2D eigenvalue weighted by atomic mass is 16.3. The predicted molar refractivity (Wildman–Crippen MR) is 27.3 cm³/mol. The normalized spacial score (nSPS) is 9.00. The molecule has 0 fully saturated rings. The van der Waals surface area contributed by atoms with Gasteiger partial charge in [0, 0.05) is 6.20 Å². The molecule has 1 aromatic heterocycles. The number of hydrogen-bond donors (Lipinski definition) is 3. The number of H-pyrrole nitrogens is 1. The summed E-state index contributed by atoms with van der Waals surface area (Å²) in [7, 11) is 0. The van der Waals surface area contributed by atoms with Gasteiger partial charge in [0.25, 0.3) is 0 Å². The second kappa shape index (κ2) is 1.65. The van der Waals surface area contributed by atoms with Gasteiger partial charge in [0.05, 0.1) is 0 Å². The molecule has 0 bridgehead atoms. The molecular formula is C4H5N3O. The number of aromatic nitrogens is 1. The summed E-state index contributed by atoms with van der Waals surface area (Å²) in [6.07, 6.45) is 1.52. The van der Waals surface area contributed by atoms with Crippen LogP contribution in [0.25, 0.3) is 0 Å². The van der Waals surface area contributed by atoms with Crippen molar-refractivity contribution in [1.29, 1.82) is 5.53 Å². The molecule has 0 amide bonds. The van der Waals surface area contributed by atoms with E-state index < -0.39 is 0 Å². The van der Waals surface area contributed by atoms with Crippen LogP contribution < -0.4 is 0 Å². The summed E-state index contributed by atoms with van der Waals surface area (Å²) in [5.41, 5.74) is 6.71. The number of hydrogen-bond acceptors (Lipinski definition) is 3. The molecule has 0 aliphatic carbocycles. The maximum absolute atomic E-state index is 8.68. The number of nitrogens with one attached hydrogen (secondary N) is 2. The van der Waals surface area contributed by atoms with Gasteiger partial charge in [-0.1, -0.05) is 0 Å². The van der Waals surface area contributed by atoms with Crippen molar-refractivity contribution in [3.63, 3.8) is 0 Å². The average Bonchev–Trinajstić information content (AvgIpc) is 2.14. The molecule has 0 saturated carbocycles. The van der Waals surface area contributed by atoms with Crippen molar-refractivity contribution in [3.05, 3.63) is 12.3 Å². The van der Waals surface area contributed by atoms with E-state index in [0.717, 1.165) is 0 Å². The SMILES string of the molecule is N=Nc1cc[nH]c1O. The molecular weight excluding hydrogens is 106 g/mol. The largest absolute Gasteiger partial charge is 0.493 e. The van der Waals surface area contributed by atoms with Crippen molar-refractivity contribution >= 4 is 5.69 Å². The molecule has 8 heavy (non-hydrogen) atoms. The summed E-state index contributed by atoms with van der Waals surface area (Å²) in [6, 6.07) is 1.52. The molecule has 0 spiro atoms. The fourth-order valence-corrected chi connectivity index (χ4v) is 0.443. The first kappa shape index (κ1) is 4.83. The lowest BCUT2D eigenvalue weighted by Gasteiger charge is -1.80. The van der Waals surface area contributed by atoms with Crippen LogP contribution in [0.5, 0.6) is 5.88 Å². The Labute approximate surface area is 45.7 Å². The third-order valence-electron chi connectivity index (χ3n) is 0.824.